The molecule has 9 nitrogen and oxygen atoms in total. The van der Waals surface area contributed by atoms with E-state index in [1.54, 1.807) is 56.6 Å². The minimum Gasteiger partial charge on any atom is -0.491 e. The van der Waals surface area contributed by atoms with Crippen molar-refractivity contribution in [2.75, 3.05) is 39.2 Å². The number of methoxy groups -OCH3 is 1. The lowest BCUT2D eigenvalue weighted by Crippen LogP contribution is -2.49. The van der Waals surface area contributed by atoms with E-state index < -0.39 is 0 Å². The van der Waals surface area contributed by atoms with Crippen molar-refractivity contribution in [3.05, 3.63) is 53.9 Å². The van der Waals surface area contributed by atoms with Gasteiger partial charge in [0, 0.05) is 57.7 Å². The lowest BCUT2D eigenvalue weighted by molar-refractivity contribution is -0.134. The quantitative estimate of drug-likeness (QED) is 0.683. The molecular weight excluding hydrogens is 460 g/mol. The largest absolute Gasteiger partial charge is 0.491 e. The molecule has 0 fully saturated rings. The molecule has 0 bridgehead atoms. The van der Waals surface area contributed by atoms with Crippen LogP contribution in [-0.4, -0.2) is 78.5 Å². The zero-order valence-electron chi connectivity index (χ0n) is 21.7. The van der Waals surface area contributed by atoms with Crippen LogP contribution in [-0.2, 0) is 20.7 Å². The molecule has 1 aromatic carbocycles. The number of likely N-dealkylation sites (N-methyl/N-ethyl adjacent to an activating group) is 1. The molecular formula is C27H36N4O5. The molecule has 1 aromatic heterocycles. The Labute approximate surface area is 212 Å². The average molecular weight is 497 g/mol. The third-order valence-electron chi connectivity index (χ3n) is 6.45. The molecule has 9 heteroatoms. The van der Waals surface area contributed by atoms with Gasteiger partial charge in [0.1, 0.15) is 12.4 Å². The molecule has 0 saturated carbocycles. The second-order valence-corrected chi connectivity index (χ2v) is 9.29. The minimum atomic E-state index is -0.286. The molecule has 3 amide bonds. The topological polar surface area (TPSA) is 101 Å². The normalized spacial score (nSPS) is 21.0. The maximum atomic E-state index is 13.4. The van der Waals surface area contributed by atoms with Gasteiger partial charge in [-0.2, -0.15) is 0 Å². The van der Waals surface area contributed by atoms with Crippen molar-refractivity contribution in [2.24, 2.45) is 5.92 Å². The summed E-state index contributed by atoms with van der Waals surface area (Å²) in [7, 11) is 3.33. The van der Waals surface area contributed by atoms with Crippen LogP contribution in [0.5, 0.6) is 5.75 Å². The van der Waals surface area contributed by atoms with Gasteiger partial charge in [0.2, 0.25) is 11.8 Å². The summed E-state index contributed by atoms with van der Waals surface area (Å²) in [5.74, 6) is -0.0470. The summed E-state index contributed by atoms with van der Waals surface area (Å²) in [6.07, 6.45) is 3.66. The predicted molar refractivity (Wildman–Crippen MR) is 137 cm³/mol. The molecule has 1 aliphatic heterocycles. The predicted octanol–water partition coefficient (Wildman–Crippen LogP) is 3.01. The number of benzene rings is 1. The second-order valence-electron chi connectivity index (χ2n) is 9.29. The van der Waals surface area contributed by atoms with E-state index in [0.29, 0.717) is 36.5 Å². The monoisotopic (exact) mass is 496 g/mol. The summed E-state index contributed by atoms with van der Waals surface area (Å²) in [5, 5.41) is 2.80. The number of ether oxygens (including phenoxy) is 2. The zero-order chi connectivity index (χ0) is 26.2. The van der Waals surface area contributed by atoms with Crippen molar-refractivity contribution >= 4 is 23.4 Å². The summed E-state index contributed by atoms with van der Waals surface area (Å²) >= 11 is 0. The first-order valence-electron chi connectivity index (χ1n) is 12.3. The van der Waals surface area contributed by atoms with Gasteiger partial charge in [-0.1, -0.05) is 19.9 Å². The van der Waals surface area contributed by atoms with Gasteiger partial charge < -0.3 is 24.6 Å². The SMILES string of the molecule is CCC(=O)Nc1ccc2c(c1)C(=O)N(C)C[C@@H](OC)[C@@H](C)CN(C(=O)Cc1cccnc1)[C@@H](C)CO2. The van der Waals surface area contributed by atoms with E-state index in [2.05, 4.69) is 10.3 Å². The van der Waals surface area contributed by atoms with Gasteiger partial charge in [0.25, 0.3) is 5.91 Å². The molecule has 1 N–H and O–H groups in total. The van der Waals surface area contributed by atoms with Crippen LogP contribution in [0, 0.1) is 5.92 Å². The second kappa shape index (κ2) is 12.5. The van der Waals surface area contributed by atoms with Crippen LogP contribution < -0.4 is 10.1 Å². The van der Waals surface area contributed by atoms with Gasteiger partial charge >= 0.3 is 0 Å². The number of pyridine rings is 1. The lowest BCUT2D eigenvalue weighted by atomic mass is 10.0. The van der Waals surface area contributed by atoms with E-state index in [9.17, 15) is 14.4 Å². The fraction of sp³-hybridized carbons (Fsp3) is 0.481. The first-order valence-corrected chi connectivity index (χ1v) is 12.3. The number of nitrogens with zero attached hydrogens (tertiary/aromatic N) is 3. The number of nitrogens with one attached hydrogen (secondary N) is 1. The van der Waals surface area contributed by atoms with Crippen LogP contribution in [0.3, 0.4) is 0 Å². The van der Waals surface area contributed by atoms with Gasteiger partial charge in [-0.15, -0.1) is 0 Å². The van der Waals surface area contributed by atoms with Gasteiger partial charge in [-0.05, 0) is 36.8 Å². The first kappa shape index (κ1) is 27.1. The van der Waals surface area contributed by atoms with E-state index in [-0.39, 0.29) is 48.8 Å². The van der Waals surface area contributed by atoms with E-state index in [1.165, 1.54) is 0 Å². The van der Waals surface area contributed by atoms with Crippen molar-refractivity contribution < 1.29 is 23.9 Å². The molecule has 0 spiro atoms. The maximum absolute atomic E-state index is 13.4. The minimum absolute atomic E-state index is 0.0276. The molecule has 2 aromatic rings. The molecule has 1 aliphatic rings. The molecule has 0 radical (unpaired) electrons. The molecule has 3 rings (SSSR count). The molecule has 2 heterocycles. The highest BCUT2D eigenvalue weighted by atomic mass is 16.5. The molecule has 0 saturated heterocycles. The lowest BCUT2D eigenvalue weighted by Gasteiger charge is -2.36. The van der Waals surface area contributed by atoms with Crippen LogP contribution in [0.2, 0.25) is 0 Å². The average Bonchev–Trinajstić information content (AvgIpc) is 2.88. The highest BCUT2D eigenvalue weighted by Crippen LogP contribution is 2.26. The summed E-state index contributed by atoms with van der Waals surface area (Å²) in [5.41, 5.74) is 1.71. The number of hydrogen-bond acceptors (Lipinski definition) is 6. The number of amides is 3. The van der Waals surface area contributed by atoms with Crippen LogP contribution in [0.1, 0.15) is 43.1 Å². The van der Waals surface area contributed by atoms with E-state index >= 15 is 0 Å². The number of carbonyl (C=O) groups excluding carboxylic acids is 3. The fourth-order valence-electron chi connectivity index (χ4n) is 4.23. The van der Waals surface area contributed by atoms with Crippen molar-refractivity contribution in [1.29, 1.82) is 0 Å². The molecule has 0 aliphatic carbocycles. The van der Waals surface area contributed by atoms with Gasteiger partial charge in [0.15, 0.2) is 0 Å². The standard InChI is InChI=1S/C27H36N4O5/c1-6-25(32)29-21-9-10-23-22(13-21)27(34)30(4)16-24(35-5)18(2)15-31(19(3)17-36-23)26(33)12-20-8-7-11-28-14-20/h7-11,13-14,18-19,24H,6,12,15-17H2,1-5H3,(H,29,32)/t18-,19-,24+/m0/s1. The summed E-state index contributed by atoms with van der Waals surface area (Å²) in [4.78, 5) is 46.2. The van der Waals surface area contributed by atoms with E-state index in [4.69, 9.17) is 9.47 Å². The summed E-state index contributed by atoms with van der Waals surface area (Å²) < 4.78 is 11.9. The van der Waals surface area contributed by atoms with Gasteiger partial charge in [-0.3, -0.25) is 19.4 Å². The maximum Gasteiger partial charge on any atom is 0.257 e. The van der Waals surface area contributed by atoms with Crippen molar-refractivity contribution in [3.63, 3.8) is 0 Å². The molecule has 3 atom stereocenters. The fourth-order valence-corrected chi connectivity index (χ4v) is 4.23. The summed E-state index contributed by atoms with van der Waals surface area (Å²) in [6, 6.07) is 8.47. The number of rotatable bonds is 5. The van der Waals surface area contributed by atoms with Crippen LogP contribution >= 0.6 is 0 Å². The number of fused-ring (bicyclic) bond motifs is 1. The van der Waals surface area contributed by atoms with Gasteiger partial charge in [-0.25, -0.2) is 0 Å². The van der Waals surface area contributed by atoms with Gasteiger partial charge in [0.05, 0.1) is 24.1 Å². The van der Waals surface area contributed by atoms with Crippen LogP contribution in [0.4, 0.5) is 5.69 Å². The Balaban J connectivity index is 1.93. The number of hydrogen-bond donors (Lipinski definition) is 1. The number of anilines is 1. The molecule has 194 valence electrons. The first-order chi connectivity index (χ1) is 17.2. The number of carbonyl (C=O) groups is 3. The van der Waals surface area contributed by atoms with Crippen molar-refractivity contribution in [1.82, 2.24) is 14.8 Å². The Morgan fingerprint density at radius 2 is 2.00 bits per heavy atom. The zero-order valence-corrected chi connectivity index (χ0v) is 21.7. The Hall–Kier alpha value is -3.46. The van der Waals surface area contributed by atoms with Crippen LogP contribution in [0.15, 0.2) is 42.7 Å². The third-order valence-corrected chi connectivity index (χ3v) is 6.45. The smallest absolute Gasteiger partial charge is 0.257 e. The Kier molecular flexibility index (Phi) is 9.41. The van der Waals surface area contributed by atoms with E-state index in [1.807, 2.05) is 30.9 Å². The van der Waals surface area contributed by atoms with Crippen LogP contribution in [0.25, 0.3) is 0 Å². The van der Waals surface area contributed by atoms with Crippen molar-refractivity contribution in [2.45, 2.75) is 45.8 Å². The third kappa shape index (κ3) is 6.81. The highest BCUT2D eigenvalue weighted by Gasteiger charge is 2.30. The Morgan fingerprint density at radius 3 is 2.67 bits per heavy atom. The Bertz CT molecular complexity index is 1060. The molecule has 0 unspecified atom stereocenters. The van der Waals surface area contributed by atoms with Crippen molar-refractivity contribution in [3.8, 4) is 5.75 Å². The summed E-state index contributed by atoms with van der Waals surface area (Å²) in [6.45, 7) is 6.71. The Morgan fingerprint density at radius 1 is 1.22 bits per heavy atom. The highest BCUT2D eigenvalue weighted by molar-refractivity contribution is 5.99. The molecule has 36 heavy (non-hydrogen) atoms. The van der Waals surface area contributed by atoms with E-state index in [0.717, 1.165) is 5.56 Å². The number of aromatic nitrogens is 1.